The fourth-order valence-electron chi connectivity index (χ4n) is 7.49. The van der Waals surface area contributed by atoms with Gasteiger partial charge in [0.1, 0.15) is 12.2 Å². The lowest BCUT2D eigenvalue weighted by Crippen LogP contribution is -2.54. The largest absolute Gasteiger partial charge is 0.463 e. The van der Waals surface area contributed by atoms with Crippen molar-refractivity contribution in [3.8, 4) is 0 Å². The smallest absolute Gasteiger partial charge is 0.302 e. The van der Waals surface area contributed by atoms with Crippen LogP contribution in [0, 0.1) is 35.0 Å². The van der Waals surface area contributed by atoms with Crippen LogP contribution in [0.2, 0.25) is 0 Å². The van der Waals surface area contributed by atoms with E-state index in [2.05, 4.69) is 6.92 Å². The van der Waals surface area contributed by atoms with Crippen LogP contribution in [-0.4, -0.2) is 35.4 Å². The minimum absolute atomic E-state index is 0.0244. The molecule has 5 heteroatoms. The van der Waals surface area contributed by atoms with Gasteiger partial charge in [-0.1, -0.05) is 6.92 Å². The highest BCUT2D eigenvalue weighted by Crippen LogP contribution is 2.63. The number of hydrogen-bond acceptors (Lipinski definition) is 5. The first-order chi connectivity index (χ1) is 12.8. The first kappa shape index (κ1) is 19.2. The molecule has 0 unspecified atom stereocenters. The zero-order valence-electron chi connectivity index (χ0n) is 16.9. The maximum Gasteiger partial charge on any atom is 0.302 e. The van der Waals surface area contributed by atoms with Gasteiger partial charge in [-0.3, -0.25) is 9.59 Å². The molecule has 0 aromatic heterocycles. The molecule has 4 saturated carbocycles. The van der Waals surface area contributed by atoms with Crippen molar-refractivity contribution in [2.45, 2.75) is 90.4 Å². The second-order valence-electron chi connectivity index (χ2n) is 9.83. The maximum absolute atomic E-state index is 11.5. The van der Waals surface area contributed by atoms with Crippen LogP contribution in [-0.2, 0) is 19.1 Å². The normalized spacial score (nSPS) is 48.7. The average Bonchev–Trinajstić information content (AvgIpc) is 2.91. The van der Waals surface area contributed by atoms with Crippen molar-refractivity contribution in [2.75, 3.05) is 0 Å². The highest BCUT2D eigenvalue weighted by Gasteiger charge is 2.59. The topological polar surface area (TPSA) is 72.8 Å². The van der Waals surface area contributed by atoms with Crippen LogP contribution in [0.3, 0.4) is 0 Å². The third kappa shape index (κ3) is 3.30. The van der Waals surface area contributed by atoms with E-state index in [1.807, 2.05) is 0 Å². The third-order valence-corrected chi connectivity index (χ3v) is 8.51. The molecule has 0 amide bonds. The second kappa shape index (κ2) is 7.06. The highest BCUT2D eigenvalue weighted by atomic mass is 16.5. The van der Waals surface area contributed by atoms with Crippen LogP contribution in [0.15, 0.2) is 0 Å². The van der Waals surface area contributed by atoms with Crippen molar-refractivity contribution in [2.24, 2.45) is 35.0 Å². The molecule has 0 heterocycles. The van der Waals surface area contributed by atoms with Crippen molar-refractivity contribution in [3.63, 3.8) is 0 Å². The SMILES string of the molecule is CC(=O)O[C@H]1CC[C@@H]2[C@H]3CC[C@]4(C)[C@@H](OC(C)=O)CC[C@H]4[C@@H]3C[C@H](O)[C@H]2C1. The number of aliphatic hydroxyl groups excluding tert-OH is 1. The zero-order chi connectivity index (χ0) is 19.3. The van der Waals surface area contributed by atoms with Gasteiger partial charge in [0.25, 0.3) is 0 Å². The molecular weight excluding hydrogens is 344 g/mol. The molecule has 9 atom stereocenters. The molecule has 0 bridgehead atoms. The van der Waals surface area contributed by atoms with Crippen LogP contribution in [0.25, 0.3) is 0 Å². The summed E-state index contributed by atoms with van der Waals surface area (Å²) in [5, 5.41) is 11.0. The summed E-state index contributed by atoms with van der Waals surface area (Å²) >= 11 is 0. The second-order valence-corrected chi connectivity index (χ2v) is 9.83. The van der Waals surface area contributed by atoms with E-state index in [1.165, 1.54) is 20.3 Å². The molecular formula is C22H34O5. The summed E-state index contributed by atoms with van der Waals surface area (Å²) in [4.78, 5) is 22.9. The van der Waals surface area contributed by atoms with Crippen LogP contribution in [0.5, 0.6) is 0 Å². The molecule has 152 valence electrons. The summed E-state index contributed by atoms with van der Waals surface area (Å²) in [7, 11) is 0. The molecule has 27 heavy (non-hydrogen) atoms. The lowest BCUT2D eigenvalue weighted by molar-refractivity contribution is -0.166. The number of carbonyl (C=O) groups is 2. The van der Waals surface area contributed by atoms with Gasteiger partial charge < -0.3 is 14.6 Å². The molecule has 4 aliphatic carbocycles. The zero-order valence-corrected chi connectivity index (χ0v) is 16.9. The Balaban J connectivity index is 1.50. The lowest BCUT2D eigenvalue weighted by atomic mass is 9.50. The van der Waals surface area contributed by atoms with E-state index in [4.69, 9.17) is 9.47 Å². The predicted molar refractivity (Wildman–Crippen MR) is 99.6 cm³/mol. The van der Waals surface area contributed by atoms with Crippen LogP contribution >= 0.6 is 0 Å². The maximum atomic E-state index is 11.5. The molecule has 0 aromatic carbocycles. The van der Waals surface area contributed by atoms with Crippen molar-refractivity contribution in [3.05, 3.63) is 0 Å². The molecule has 0 aromatic rings. The van der Waals surface area contributed by atoms with Crippen LogP contribution in [0.4, 0.5) is 0 Å². The first-order valence-corrected chi connectivity index (χ1v) is 10.8. The van der Waals surface area contributed by atoms with Gasteiger partial charge in [0.05, 0.1) is 6.10 Å². The van der Waals surface area contributed by atoms with Gasteiger partial charge in [-0.25, -0.2) is 0 Å². The van der Waals surface area contributed by atoms with Crippen molar-refractivity contribution in [1.82, 2.24) is 0 Å². The number of esters is 2. The van der Waals surface area contributed by atoms with E-state index in [-0.39, 0.29) is 41.6 Å². The van der Waals surface area contributed by atoms with Gasteiger partial charge in [0, 0.05) is 19.3 Å². The summed E-state index contributed by atoms with van der Waals surface area (Å²) in [6.45, 7) is 5.30. The Kier molecular flexibility index (Phi) is 5.02. The summed E-state index contributed by atoms with van der Waals surface area (Å²) < 4.78 is 11.2. The number of fused-ring (bicyclic) bond motifs is 5. The fourth-order valence-corrected chi connectivity index (χ4v) is 7.49. The molecule has 0 aliphatic heterocycles. The van der Waals surface area contributed by atoms with E-state index >= 15 is 0 Å². The van der Waals surface area contributed by atoms with E-state index in [9.17, 15) is 14.7 Å². The van der Waals surface area contributed by atoms with Gasteiger partial charge in [0.2, 0.25) is 0 Å². The Hall–Kier alpha value is -1.10. The number of ether oxygens (including phenoxy) is 2. The van der Waals surface area contributed by atoms with E-state index in [0.717, 1.165) is 44.9 Å². The van der Waals surface area contributed by atoms with E-state index in [1.54, 1.807) is 0 Å². The highest BCUT2D eigenvalue weighted by molar-refractivity contribution is 5.66. The molecule has 5 nitrogen and oxygen atoms in total. The Morgan fingerprint density at radius 1 is 0.852 bits per heavy atom. The first-order valence-electron chi connectivity index (χ1n) is 10.8. The minimum Gasteiger partial charge on any atom is -0.463 e. The van der Waals surface area contributed by atoms with E-state index in [0.29, 0.717) is 23.7 Å². The van der Waals surface area contributed by atoms with Crippen LogP contribution in [0.1, 0.15) is 72.1 Å². The number of hydrogen-bond donors (Lipinski definition) is 1. The van der Waals surface area contributed by atoms with E-state index < -0.39 is 0 Å². The van der Waals surface area contributed by atoms with Crippen molar-refractivity contribution in [1.29, 1.82) is 0 Å². The Morgan fingerprint density at radius 2 is 1.56 bits per heavy atom. The van der Waals surface area contributed by atoms with Gasteiger partial charge >= 0.3 is 11.9 Å². The van der Waals surface area contributed by atoms with Gasteiger partial charge in [-0.2, -0.15) is 0 Å². The van der Waals surface area contributed by atoms with Crippen molar-refractivity contribution < 1.29 is 24.2 Å². The monoisotopic (exact) mass is 378 g/mol. The quantitative estimate of drug-likeness (QED) is 0.745. The molecule has 1 N–H and O–H groups in total. The Labute approximate surface area is 162 Å². The summed E-state index contributed by atoms with van der Waals surface area (Å²) in [5.74, 6) is 2.16. The van der Waals surface area contributed by atoms with Gasteiger partial charge in [-0.15, -0.1) is 0 Å². The van der Waals surface area contributed by atoms with Gasteiger partial charge in [-0.05, 0) is 81.0 Å². The number of carbonyl (C=O) groups excluding carboxylic acids is 2. The molecule has 4 aliphatic rings. The molecule has 0 radical (unpaired) electrons. The Morgan fingerprint density at radius 3 is 2.26 bits per heavy atom. The number of rotatable bonds is 2. The van der Waals surface area contributed by atoms with Crippen LogP contribution < -0.4 is 0 Å². The predicted octanol–water partition coefficient (Wildman–Crippen LogP) is 3.47. The molecule has 0 saturated heterocycles. The summed E-state index contributed by atoms with van der Waals surface area (Å²) in [5.41, 5.74) is 0.0638. The van der Waals surface area contributed by atoms with Crippen molar-refractivity contribution >= 4 is 11.9 Å². The third-order valence-electron chi connectivity index (χ3n) is 8.51. The number of aliphatic hydroxyl groups is 1. The standard InChI is InChI=1S/C22H34O5/c1-12(23)26-14-4-5-15-16-8-9-22(3)19(6-7-21(22)27-13(2)24)17(16)11-20(25)18(15)10-14/h14-21,25H,4-11H2,1-3H3/t14-,15+,16+,17+,18-,19-,20-,21-,22-/m0/s1. The van der Waals surface area contributed by atoms with Gasteiger partial charge in [0.15, 0.2) is 0 Å². The summed E-state index contributed by atoms with van der Waals surface area (Å²) in [6.07, 6.45) is 7.71. The summed E-state index contributed by atoms with van der Waals surface area (Å²) in [6, 6.07) is 0. The minimum atomic E-state index is -0.301. The average molecular weight is 379 g/mol. The molecule has 0 spiro atoms. The molecule has 4 rings (SSSR count). The Bertz CT molecular complexity index is 604. The molecule has 4 fully saturated rings. The fraction of sp³-hybridized carbons (Fsp3) is 0.909. The lowest BCUT2D eigenvalue weighted by Gasteiger charge is -2.57.